The summed E-state index contributed by atoms with van der Waals surface area (Å²) in [5.74, 6) is 2.59. The highest BCUT2D eigenvalue weighted by Gasteiger charge is 2.16. The minimum atomic E-state index is -0.312. The lowest BCUT2D eigenvalue weighted by Crippen LogP contribution is -2.13. The number of aryl methyl sites for hydroxylation is 2. The minimum absolute atomic E-state index is 0.312. The highest BCUT2D eigenvalue weighted by Crippen LogP contribution is 2.14. The van der Waals surface area contributed by atoms with Crippen molar-refractivity contribution in [1.82, 2.24) is 19.6 Å². The molecule has 0 radical (unpaired) electrons. The van der Waals surface area contributed by atoms with E-state index in [4.69, 9.17) is 6.42 Å². The van der Waals surface area contributed by atoms with E-state index in [0.29, 0.717) is 22.6 Å². The molecule has 3 aromatic heterocycles. The number of nitrogens with zero attached hydrogens (tertiary/aromatic N) is 4. The van der Waals surface area contributed by atoms with Crippen LogP contribution in [-0.2, 0) is 0 Å². The number of nitrogens with one attached hydrogen (secondary N) is 1. The molecule has 0 spiro atoms. The summed E-state index contributed by atoms with van der Waals surface area (Å²) >= 11 is 0. The third-order valence-corrected chi connectivity index (χ3v) is 3.19. The van der Waals surface area contributed by atoms with Gasteiger partial charge in [-0.3, -0.25) is 4.79 Å². The molecule has 0 fully saturated rings. The number of anilines is 1. The number of pyridine rings is 1. The Kier molecular flexibility index (Phi) is 3.31. The van der Waals surface area contributed by atoms with Crippen molar-refractivity contribution in [3.8, 4) is 12.3 Å². The Morgan fingerprint density at radius 3 is 2.82 bits per heavy atom. The minimum Gasteiger partial charge on any atom is -0.306 e. The maximum atomic E-state index is 12.4. The summed E-state index contributed by atoms with van der Waals surface area (Å²) in [6, 6.07) is 5.27. The first kappa shape index (κ1) is 13.8. The first-order valence-corrected chi connectivity index (χ1v) is 6.64. The number of carbonyl (C=O) groups is 1. The number of aromatic nitrogens is 4. The van der Waals surface area contributed by atoms with Crippen LogP contribution in [0.5, 0.6) is 0 Å². The zero-order valence-electron chi connectivity index (χ0n) is 12.2. The lowest BCUT2D eigenvalue weighted by atomic mass is 10.2. The number of fused-ring (bicyclic) bond motifs is 1. The molecule has 0 atom stereocenters. The number of terminal acetylenes is 1. The summed E-state index contributed by atoms with van der Waals surface area (Å²) in [6.07, 6.45) is 8.30. The van der Waals surface area contributed by atoms with Crippen molar-refractivity contribution in [2.45, 2.75) is 13.8 Å². The average molecular weight is 291 g/mol. The molecule has 1 amide bonds. The molecule has 0 aromatic carbocycles. The fourth-order valence-electron chi connectivity index (χ4n) is 2.17. The topological polar surface area (TPSA) is 72.2 Å². The van der Waals surface area contributed by atoms with Gasteiger partial charge in [0.1, 0.15) is 11.4 Å². The summed E-state index contributed by atoms with van der Waals surface area (Å²) in [7, 11) is 0. The van der Waals surface area contributed by atoms with Crippen molar-refractivity contribution in [2.75, 3.05) is 5.32 Å². The van der Waals surface area contributed by atoms with E-state index in [1.807, 2.05) is 19.9 Å². The first-order valence-electron chi connectivity index (χ1n) is 6.64. The van der Waals surface area contributed by atoms with E-state index in [2.05, 4.69) is 26.3 Å². The number of rotatable bonds is 2. The van der Waals surface area contributed by atoms with Gasteiger partial charge in [-0.15, -0.1) is 6.42 Å². The smallest absolute Gasteiger partial charge is 0.262 e. The van der Waals surface area contributed by atoms with Gasteiger partial charge >= 0.3 is 0 Å². The van der Waals surface area contributed by atoms with Crippen LogP contribution < -0.4 is 5.32 Å². The summed E-state index contributed by atoms with van der Waals surface area (Å²) in [5, 5.41) is 6.91. The first-order chi connectivity index (χ1) is 10.6. The van der Waals surface area contributed by atoms with E-state index in [-0.39, 0.29) is 5.91 Å². The van der Waals surface area contributed by atoms with Gasteiger partial charge in [-0.25, -0.2) is 14.5 Å². The SMILES string of the molecule is C#Cc1ccc(NC(=O)c2cnn3c(C)cc(C)nc23)nc1. The molecule has 6 nitrogen and oxygen atoms in total. The highest BCUT2D eigenvalue weighted by atomic mass is 16.1. The van der Waals surface area contributed by atoms with Gasteiger partial charge in [-0.1, -0.05) is 5.92 Å². The predicted molar refractivity (Wildman–Crippen MR) is 82.6 cm³/mol. The molecule has 0 saturated heterocycles. The van der Waals surface area contributed by atoms with Crippen molar-refractivity contribution in [3.63, 3.8) is 0 Å². The fraction of sp³-hybridized carbons (Fsp3) is 0.125. The number of hydrogen-bond donors (Lipinski definition) is 1. The standard InChI is InChI=1S/C16H13N5O/c1-4-12-5-6-14(17-8-12)20-16(22)13-9-18-21-11(3)7-10(2)19-15(13)21/h1,5-9H,2-3H3,(H,17,20,22). The molecule has 0 aliphatic rings. The van der Waals surface area contributed by atoms with Gasteiger partial charge in [-0.2, -0.15) is 5.10 Å². The van der Waals surface area contributed by atoms with Crippen molar-refractivity contribution >= 4 is 17.4 Å². The molecule has 22 heavy (non-hydrogen) atoms. The molecule has 108 valence electrons. The van der Waals surface area contributed by atoms with Crippen molar-refractivity contribution in [3.05, 3.63) is 53.1 Å². The van der Waals surface area contributed by atoms with Crippen LogP contribution >= 0.6 is 0 Å². The fourth-order valence-corrected chi connectivity index (χ4v) is 2.17. The summed E-state index contributed by atoms with van der Waals surface area (Å²) in [4.78, 5) is 20.9. The second kappa shape index (κ2) is 5.30. The number of hydrogen-bond acceptors (Lipinski definition) is 4. The van der Waals surface area contributed by atoms with E-state index in [1.54, 1.807) is 16.6 Å². The van der Waals surface area contributed by atoms with Gasteiger partial charge < -0.3 is 5.32 Å². The van der Waals surface area contributed by atoms with E-state index in [1.165, 1.54) is 12.4 Å². The summed E-state index contributed by atoms with van der Waals surface area (Å²) < 4.78 is 1.64. The van der Waals surface area contributed by atoms with Gasteiger partial charge in [0, 0.05) is 23.1 Å². The Morgan fingerprint density at radius 2 is 2.14 bits per heavy atom. The van der Waals surface area contributed by atoms with E-state index < -0.39 is 0 Å². The average Bonchev–Trinajstić information content (AvgIpc) is 2.92. The van der Waals surface area contributed by atoms with Gasteiger partial charge in [0.25, 0.3) is 5.91 Å². The van der Waals surface area contributed by atoms with Crippen molar-refractivity contribution in [2.24, 2.45) is 0 Å². The normalized spacial score (nSPS) is 10.4. The van der Waals surface area contributed by atoms with E-state index >= 15 is 0 Å². The zero-order chi connectivity index (χ0) is 15.7. The van der Waals surface area contributed by atoms with Crippen molar-refractivity contribution < 1.29 is 4.79 Å². The Bertz CT molecular complexity index is 903. The molecular weight excluding hydrogens is 278 g/mol. The van der Waals surface area contributed by atoms with Gasteiger partial charge in [0.15, 0.2) is 5.65 Å². The Labute approximate surface area is 127 Å². The Balaban J connectivity index is 1.93. The van der Waals surface area contributed by atoms with E-state index in [0.717, 1.165) is 11.4 Å². The molecule has 3 aromatic rings. The maximum absolute atomic E-state index is 12.4. The third-order valence-electron chi connectivity index (χ3n) is 3.19. The second-order valence-electron chi connectivity index (χ2n) is 4.86. The summed E-state index contributed by atoms with van der Waals surface area (Å²) in [6.45, 7) is 3.79. The lowest BCUT2D eigenvalue weighted by molar-refractivity contribution is 0.102. The molecule has 0 unspecified atom stereocenters. The molecular formula is C16H13N5O. The summed E-state index contributed by atoms with van der Waals surface area (Å²) in [5.41, 5.74) is 3.32. The van der Waals surface area contributed by atoms with Gasteiger partial charge in [0.2, 0.25) is 0 Å². The molecule has 0 aliphatic heterocycles. The third kappa shape index (κ3) is 2.40. The quantitative estimate of drug-likeness (QED) is 0.733. The highest BCUT2D eigenvalue weighted by molar-refractivity contribution is 6.07. The molecule has 3 rings (SSSR count). The molecule has 3 heterocycles. The monoisotopic (exact) mass is 291 g/mol. The number of amides is 1. The zero-order valence-corrected chi connectivity index (χ0v) is 12.2. The second-order valence-corrected chi connectivity index (χ2v) is 4.86. The van der Waals surface area contributed by atoms with E-state index in [9.17, 15) is 4.79 Å². The van der Waals surface area contributed by atoms with Crippen LogP contribution in [0.1, 0.15) is 27.3 Å². The van der Waals surface area contributed by atoms with Crippen LogP contribution in [0.4, 0.5) is 5.82 Å². The molecule has 0 bridgehead atoms. The molecule has 0 saturated carbocycles. The maximum Gasteiger partial charge on any atom is 0.262 e. The van der Waals surface area contributed by atoms with Gasteiger partial charge in [0.05, 0.1) is 6.20 Å². The molecule has 6 heteroatoms. The van der Waals surface area contributed by atoms with Crippen LogP contribution in [0.25, 0.3) is 5.65 Å². The van der Waals surface area contributed by atoms with Crippen LogP contribution in [0.3, 0.4) is 0 Å². The largest absolute Gasteiger partial charge is 0.306 e. The van der Waals surface area contributed by atoms with Gasteiger partial charge in [-0.05, 0) is 32.0 Å². The Morgan fingerprint density at radius 1 is 1.32 bits per heavy atom. The van der Waals surface area contributed by atoms with Crippen LogP contribution in [0.15, 0.2) is 30.6 Å². The van der Waals surface area contributed by atoms with Crippen LogP contribution in [0, 0.1) is 26.2 Å². The molecule has 1 N–H and O–H groups in total. The Hall–Kier alpha value is -3.20. The van der Waals surface area contributed by atoms with Crippen LogP contribution in [0.2, 0.25) is 0 Å². The van der Waals surface area contributed by atoms with Crippen LogP contribution in [-0.4, -0.2) is 25.5 Å². The lowest BCUT2D eigenvalue weighted by Gasteiger charge is -2.04. The van der Waals surface area contributed by atoms with Crippen molar-refractivity contribution in [1.29, 1.82) is 0 Å². The predicted octanol–water partition coefficient (Wildman–Crippen LogP) is 1.97. The molecule has 0 aliphatic carbocycles. The number of carbonyl (C=O) groups excluding carboxylic acids is 1.